The summed E-state index contributed by atoms with van der Waals surface area (Å²) in [5.41, 5.74) is 4.56. The lowest BCUT2D eigenvalue weighted by Gasteiger charge is -2.06. The average molecular weight is 431 g/mol. The summed E-state index contributed by atoms with van der Waals surface area (Å²) in [6, 6.07) is 20.2. The fourth-order valence-corrected chi connectivity index (χ4v) is 2.66. The molecule has 0 unspecified atom stereocenters. The third kappa shape index (κ3) is 6.02. The summed E-state index contributed by atoms with van der Waals surface area (Å²) in [6.45, 7) is 1.84. The third-order valence-electron chi connectivity index (χ3n) is 4.39. The van der Waals surface area contributed by atoms with Crippen molar-refractivity contribution < 1.29 is 23.9 Å². The number of carbonyl (C=O) groups is 3. The van der Waals surface area contributed by atoms with Crippen LogP contribution in [0.5, 0.6) is 11.5 Å². The lowest BCUT2D eigenvalue weighted by molar-refractivity contribution is -0.136. The smallest absolute Gasteiger partial charge is 0.343 e. The van der Waals surface area contributed by atoms with E-state index in [-0.39, 0.29) is 0 Å². The van der Waals surface area contributed by atoms with Crippen LogP contribution in [-0.2, 0) is 9.59 Å². The number of ether oxygens (including phenoxy) is 2. The van der Waals surface area contributed by atoms with E-state index >= 15 is 0 Å². The highest BCUT2D eigenvalue weighted by atomic mass is 16.5. The second-order valence-corrected chi connectivity index (χ2v) is 6.66. The van der Waals surface area contributed by atoms with Crippen LogP contribution in [0.3, 0.4) is 0 Å². The Balaban J connectivity index is 1.50. The van der Waals surface area contributed by atoms with Gasteiger partial charge >= 0.3 is 17.8 Å². The number of nitrogens with zero attached hydrogens (tertiary/aromatic N) is 1. The molecule has 2 amide bonds. The standard InChI is InChI=1S/C24H21N3O5/c1-16-5-3-4-6-21(16)24(30)32-20-11-7-17(8-12-20)15-25-27-23(29)22(28)26-18-9-13-19(31-2)14-10-18/h3-15H,1-2H3,(H,26,28)(H,27,29)/b25-15-. The van der Waals surface area contributed by atoms with Crippen LogP contribution in [0.4, 0.5) is 5.69 Å². The van der Waals surface area contributed by atoms with Crippen LogP contribution in [-0.4, -0.2) is 31.1 Å². The van der Waals surface area contributed by atoms with Crippen LogP contribution >= 0.6 is 0 Å². The van der Waals surface area contributed by atoms with Crippen LogP contribution < -0.4 is 20.2 Å². The lowest BCUT2D eigenvalue weighted by atomic mass is 10.1. The van der Waals surface area contributed by atoms with Gasteiger partial charge in [0.2, 0.25) is 0 Å². The Hall–Kier alpha value is -4.46. The van der Waals surface area contributed by atoms with E-state index in [4.69, 9.17) is 9.47 Å². The van der Waals surface area contributed by atoms with Gasteiger partial charge in [0.05, 0.1) is 18.9 Å². The number of hydrogen-bond donors (Lipinski definition) is 2. The van der Waals surface area contributed by atoms with Gasteiger partial charge in [0.15, 0.2) is 0 Å². The van der Waals surface area contributed by atoms with Crippen molar-refractivity contribution in [3.8, 4) is 11.5 Å². The minimum atomic E-state index is -0.916. The molecule has 0 heterocycles. The number of hydrazone groups is 1. The molecule has 3 aromatic rings. The average Bonchev–Trinajstić information content (AvgIpc) is 2.80. The normalized spacial score (nSPS) is 10.4. The minimum Gasteiger partial charge on any atom is -0.497 e. The Labute approximate surface area is 184 Å². The maximum absolute atomic E-state index is 12.3. The summed E-state index contributed by atoms with van der Waals surface area (Å²) < 4.78 is 10.4. The maximum Gasteiger partial charge on any atom is 0.343 e. The Morgan fingerprint density at radius 3 is 2.16 bits per heavy atom. The Bertz CT molecular complexity index is 1140. The van der Waals surface area contributed by atoms with E-state index in [9.17, 15) is 14.4 Å². The topological polar surface area (TPSA) is 106 Å². The molecule has 0 aliphatic rings. The van der Waals surface area contributed by atoms with E-state index in [2.05, 4.69) is 15.8 Å². The van der Waals surface area contributed by atoms with E-state index in [0.717, 1.165) is 5.56 Å². The zero-order valence-electron chi connectivity index (χ0n) is 17.5. The van der Waals surface area contributed by atoms with Crippen molar-refractivity contribution in [3.63, 3.8) is 0 Å². The molecule has 0 aliphatic carbocycles. The molecule has 3 aromatic carbocycles. The Morgan fingerprint density at radius 2 is 1.50 bits per heavy atom. The SMILES string of the molecule is COc1ccc(NC(=O)C(=O)N/N=C\c2ccc(OC(=O)c3ccccc3C)cc2)cc1. The zero-order chi connectivity index (χ0) is 22.9. The summed E-state index contributed by atoms with van der Waals surface area (Å²) in [6.07, 6.45) is 1.37. The highest BCUT2D eigenvalue weighted by Gasteiger charge is 2.13. The highest BCUT2D eigenvalue weighted by molar-refractivity contribution is 6.39. The van der Waals surface area contributed by atoms with Gasteiger partial charge in [0, 0.05) is 5.69 Å². The van der Waals surface area contributed by atoms with Gasteiger partial charge in [-0.25, -0.2) is 10.2 Å². The first kappa shape index (κ1) is 22.2. The van der Waals surface area contributed by atoms with Crippen LogP contribution in [0.1, 0.15) is 21.5 Å². The first-order chi connectivity index (χ1) is 15.5. The van der Waals surface area contributed by atoms with Gasteiger partial charge in [-0.3, -0.25) is 9.59 Å². The second kappa shape index (κ2) is 10.5. The van der Waals surface area contributed by atoms with Crippen molar-refractivity contribution in [1.29, 1.82) is 0 Å². The Morgan fingerprint density at radius 1 is 0.844 bits per heavy atom. The molecule has 0 spiro atoms. The number of hydrogen-bond acceptors (Lipinski definition) is 6. The Kier molecular flexibility index (Phi) is 7.32. The number of anilines is 1. The molecule has 32 heavy (non-hydrogen) atoms. The molecule has 0 radical (unpaired) electrons. The number of amides is 2. The van der Waals surface area contributed by atoms with Gasteiger partial charge in [-0.15, -0.1) is 0 Å². The van der Waals surface area contributed by atoms with Crippen LogP contribution in [0, 0.1) is 6.92 Å². The van der Waals surface area contributed by atoms with Crippen LogP contribution in [0.25, 0.3) is 0 Å². The van der Waals surface area contributed by atoms with Crippen molar-refractivity contribution in [1.82, 2.24) is 5.43 Å². The molecule has 0 bridgehead atoms. The van der Waals surface area contributed by atoms with Gasteiger partial charge in [0.1, 0.15) is 11.5 Å². The predicted octanol–water partition coefficient (Wildman–Crippen LogP) is 3.31. The van der Waals surface area contributed by atoms with E-state index in [1.807, 2.05) is 19.1 Å². The van der Waals surface area contributed by atoms with E-state index < -0.39 is 17.8 Å². The minimum absolute atomic E-state index is 0.373. The number of aryl methyl sites for hydroxylation is 1. The first-order valence-electron chi connectivity index (χ1n) is 9.62. The zero-order valence-corrected chi connectivity index (χ0v) is 17.5. The summed E-state index contributed by atoms with van der Waals surface area (Å²) in [5, 5.41) is 6.22. The van der Waals surface area contributed by atoms with Gasteiger partial charge in [-0.1, -0.05) is 18.2 Å². The molecular formula is C24H21N3O5. The first-order valence-corrected chi connectivity index (χ1v) is 9.62. The molecule has 162 valence electrons. The number of nitrogens with one attached hydrogen (secondary N) is 2. The summed E-state index contributed by atoms with van der Waals surface area (Å²) in [7, 11) is 1.53. The van der Waals surface area contributed by atoms with Crippen molar-refractivity contribution >= 4 is 29.7 Å². The molecule has 0 saturated heterocycles. The van der Waals surface area contributed by atoms with Crippen LogP contribution in [0.15, 0.2) is 77.9 Å². The molecule has 0 atom stereocenters. The second-order valence-electron chi connectivity index (χ2n) is 6.66. The molecule has 3 rings (SSSR count). The van der Waals surface area contributed by atoms with E-state index in [0.29, 0.717) is 28.3 Å². The molecule has 0 aromatic heterocycles. The van der Waals surface area contributed by atoms with E-state index in [1.165, 1.54) is 13.3 Å². The fraction of sp³-hybridized carbons (Fsp3) is 0.0833. The van der Waals surface area contributed by atoms with Crippen molar-refractivity contribution in [2.45, 2.75) is 6.92 Å². The molecule has 8 heteroatoms. The van der Waals surface area contributed by atoms with Gasteiger partial charge < -0.3 is 14.8 Å². The molecule has 2 N–H and O–H groups in total. The summed E-state index contributed by atoms with van der Waals surface area (Å²) in [4.78, 5) is 36.1. The number of benzene rings is 3. The van der Waals surface area contributed by atoms with Gasteiger partial charge in [0.25, 0.3) is 0 Å². The number of methoxy groups -OCH3 is 1. The quantitative estimate of drug-likeness (QED) is 0.205. The molecule has 0 saturated carbocycles. The molecule has 0 aliphatic heterocycles. The van der Waals surface area contributed by atoms with Gasteiger partial charge in [-0.05, 0) is 72.6 Å². The number of esters is 1. The summed E-state index contributed by atoms with van der Waals surface area (Å²) >= 11 is 0. The number of rotatable bonds is 6. The third-order valence-corrected chi connectivity index (χ3v) is 4.39. The molecular weight excluding hydrogens is 410 g/mol. The number of carbonyl (C=O) groups excluding carboxylic acids is 3. The summed E-state index contributed by atoms with van der Waals surface area (Å²) in [5.74, 6) is -1.21. The monoisotopic (exact) mass is 431 g/mol. The van der Waals surface area contributed by atoms with Crippen LogP contribution in [0.2, 0.25) is 0 Å². The van der Waals surface area contributed by atoms with Crippen molar-refractivity contribution in [2.75, 3.05) is 12.4 Å². The largest absolute Gasteiger partial charge is 0.497 e. The van der Waals surface area contributed by atoms with Crippen molar-refractivity contribution in [3.05, 3.63) is 89.5 Å². The molecule has 0 fully saturated rings. The highest BCUT2D eigenvalue weighted by Crippen LogP contribution is 2.16. The predicted molar refractivity (Wildman–Crippen MR) is 120 cm³/mol. The fourth-order valence-electron chi connectivity index (χ4n) is 2.66. The van der Waals surface area contributed by atoms with Crippen molar-refractivity contribution in [2.24, 2.45) is 5.10 Å². The maximum atomic E-state index is 12.3. The van der Waals surface area contributed by atoms with E-state index in [1.54, 1.807) is 60.7 Å². The van der Waals surface area contributed by atoms with Gasteiger partial charge in [-0.2, -0.15) is 5.10 Å². The molecule has 8 nitrogen and oxygen atoms in total. The lowest BCUT2D eigenvalue weighted by Crippen LogP contribution is -2.32.